The fourth-order valence-electron chi connectivity index (χ4n) is 2.70. The molecule has 21 heavy (non-hydrogen) atoms. The van der Waals surface area contributed by atoms with Crippen LogP contribution in [0.1, 0.15) is 34.5 Å². The fourth-order valence-corrected chi connectivity index (χ4v) is 2.70. The number of benzene rings is 1. The van der Waals surface area contributed by atoms with E-state index in [1.165, 1.54) is 0 Å². The predicted octanol–water partition coefficient (Wildman–Crippen LogP) is 2.39. The van der Waals surface area contributed by atoms with Gasteiger partial charge in [0, 0.05) is 18.0 Å². The maximum atomic E-state index is 14.2. The molecule has 1 aromatic carbocycles. The molecule has 1 aliphatic carbocycles. The van der Waals surface area contributed by atoms with E-state index in [2.05, 4.69) is 10.3 Å². The van der Waals surface area contributed by atoms with Crippen LogP contribution in [0.3, 0.4) is 0 Å². The first-order valence-corrected chi connectivity index (χ1v) is 7.30. The molecule has 1 aliphatic rings. The SMILES string of the molecule is Cc1cc2cc(C(=O)NC(CN)C3CC3)[nH]c2c(F)c1C. The van der Waals surface area contributed by atoms with Gasteiger partial charge in [0.1, 0.15) is 11.5 Å². The summed E-state index contributed by atoms with van der Waals surface area (Å²) < 4.78 is 14.2. The van der Waals surface area contributed by atoms with Crippen molar-refractivity contribution in [1.29, 1.82) is 0 Å². The first-order valence-electron chi connectivity index (χ1n) is 7.30. The van der Waals surface area contributed by atoms with Gasteiger partial charge in [-0.25, -0.2) is 4.39 Å². The Morgan fingerprint density at radius 1 is 1.48 bits per heavy atom. The molecule has 1 fully saturated rings. The second kappa shape index (κ2) is 5.15. The zero-order chi connectivity index (χ0) is 15.1. The molecule has 0 aliphatic heterocycles. The topological polar surface area (TPSA) is 70.9 Å². The molecule has 1 heterocycles. The highest BCUT2D eigenvalue weighted by Crippen LogP contribution is 2.32. The van der Waals surface area contributed by atoms with Crippen LogP contribution in [0.2, 0.25) is 0 Å². The molecule has 0 bridgehead atoms. The minimum atomic E-state index is -0.290. The van der Waals surface area contributed by atoms with Crippen molar-refractivity contribution in [2.45, 2.75) is 32.7 Å². The van der Waals surface area contributed by atoms with Crippen LogP contribution in [0.25, 0.3) is 10.9 Å². The summed E-state index contributed by atoms with van der Waals surface area (Å²) in [7, 11) is 0. The summed E-state index contributed by atoms with van der Waals surface area (Å²) >= 11 is 0. The van der Waals surface area contributed by atoms with Gasteiger partial charge in [0.25, 0.3) is 5.91 Å². The highest BCUT2D eigenvalue weighted by Gasteiger charge is 2.31. The zero-order valence-electron chi connectivity index (χ0n) is 12.3. The number of hydrogen-bond acceptors (Lipinski definition) is 2. The van der Waals surface area contributed by atoms with Crippen LogP contribution in [0.15, 0.2) is 12.1 Å². The van der Waals surface area contributed by atoms with Crippen molar-refractivity contribution in [2.75, 3.05) is 6.54 Å². The highest BCUT2D eigenvalue weighted by atomic mass is 19.1. The van der Waals surface area contributed by atoms with E-state index in [-0.39, 0.29) is 17.8 Å². The maximum Gasteiger partial charge on any atom is 0.268 e. The van der Waals surface area contributed by atoms with Crippen LogP contribution in [0, 0.1) is 25.6 Å². The number of carbonyl (C=O) groups is 1. The average molecular weight is 289 g/mol. The molecule has 1 amide bonds. The van der Waals surface area contributed by atoms with Crippen LogP contribution in [-0.4, -0.2) is 23.5 Å². The lowest BCUT2D eigenvalue weighted by Gasteiger charge is -2.15. The normalized spacial score (nSPS) is 16.2. The van der Waals surface area contributed by atoms with Crippen LogP contribution >= 0.6 is 0 Å². The Balaban J connectivity index is 1.90. The van der Waals surface area contributed by atoms with Crippen LogP contribution in [-0.2, 0) is 0 Å². The molecule has 5 heteroatoms. The lowest BCUT2D eigenvalue weighted by molar-refractivity contribution is 0.0929. The van der Waals surface area contributed by atoms with Crippen molar-refractivity contribution in [2.24, 2.45) is 11.7 Å². The van der Waals surface area contributed by atoms with E-state index in [0.717, 1.165) is 23.8 Å². The number of fused-ring (bicyclic) bond motifs is 1. The summed E-state index contributed by atoms with van der Waals surface area (Å²) in [5.74, 6) is -0.0190. The number of hydrogen-bond donors (Lipinski definition) is 3. The van der Waals surface area contributed by atoms with E-state index in [0.29, 0.717) is 29.2 Å². The van der Waals surface area contributed by atoms with Gasteiger partial charge < -0.3 is 16.0 Å². The number of carbonyl (C=O) groups excluding carboxylic acids is 1. The number of H-pyrrole nitrogens is 1. The summed E-state index contributed by atoms with van der Waals surface area (Å²) in [5, 5.41) is 3.66. The zero-order valence-corrected chi connectivity index (χ0v) is 12.3. The van der Waals surface area contributed by atoms with E-state index in [1.54, 1.807) is 13.0 Å². The summed E-state index contributed by atoms with van der Waals surface area (Å²) in [6.07, 6.45) is 2.23. The number of nitrogens with one attached hydrogen (secondary N) is 2. The monoisotopic (exact) mass is 289 g/mol. The summed E-state index contributed by atoms with van der Waals surface area (Å²) in [5.41, 5.74) is 7.95. The molecule has 1 unspecified atom stereocenters. The number of aromatic nitrogens is 1. The lowest BCUT2D eigenvalue weighted by Crippen LogP contribution is -2.41. The van der Waals surface area contributed by atoms with Crippen LogP contribution in [0.4, 0.5) is 4.39 Å². The molecule has 3 rings (SSSR count). The standard InChI is InChI=1S/C16H20FN3O/c1-8-5-11-6-12(19-15(11)14(17)9(8)2)16(21)20-13(7-18)10-3-4-10/h5-6,10,13,19H,3-4,7,18H2,1-2H3,(H,20,21). The quantitative estimate of drug-likeness (QED) is 0.808. The van der Waals surface area contributed by atoms with Gasteiger partial charge in [0.05, 0.1) is 5.52 Å². The van der Waals surface area contributed by atoms with Gasteiger partial charge in [-0.1, -0.05) is 0 Å². The van der Waals surface area contributed by atoms with Crippen molar-refractivity contribution in [3.63, 3.8) is 0 Å². The number of amides is 1. The van der Waals surface area contributed by atoms with Crippen LogP contribution in [0.5, 0.6) is 0 Å². The minimum Gasteiger partial charge on any atom is -0.348 e. The third-order valence-corrected chi connectivity index (χ3v) is 4.37. The number of aromatic amines is 1. The molecule has 112 valence electrons. The van der Waals surface area contributed by atoms with Gasteiger partial charge in [-0.2, -0.15) is 0 Å². The fraction of sp³-hybridized carbons (Fsp3) is 0.438. The molecule has 1 aromatic heterocycles. The second-order valence-electron chi connectivity index (χ2n) is 5.93. The minimum absolute atomic E-state index is 0.0113. The van der Waals surface area contributed by atoms with E-state index in [9.17, 15) is 9.18 Å². The molecule has 1 saturated carbocycles. The third-order valence-electron chi connectivity index (χ3n) is 4.37. The van der Waals surface area contributed by atoms with E-state index < -0.39 is 0 Å². The Hall–Kier alpha value is -1.88. The molecule has 2 aromatic rings. The van der Waals surface area contributed by atoms with Crippen molar-refractivity contribution >= 4 is 16.8 Å². The Bertz CT molecular complexity index is 703. The molecule has 0 saturated heterocycles. The van der Waals surface area contributed by atoms with Gasteiger partial charge in [0.15, 0.2) is 0 Å². The Morgan fingerprint density at radius 3 is 2.81 bits per heavy atom. The van der Waals surface area contributed by atoms with Gasteiger partial charge in [-0.05, 0) is 55.9 Å². The summed E-state index contributed by atoms with van der Waals surface area (Å²) in [4.78, 5) is 15.2. The van der Waals surface area contributed by atoms with Crippen molar-refractivity contribution in [3.05, 3.63) is 34.8 Å². The largest absolute Gasteiger partial charge is 0.348 e. The Morgan fingerprint density at radius 2 is 2.19 bits per heavy atom. The number of rotatable bonds is 4. The van der Waals surface area contributed by atoms with Gasteiger partial charge >= 0.3 is 0 Å². The van der Waals surface area contributed by atoms with E-state index in [4.69, 9.17) is 5.73 Å². The van der Waals surface area contributed by atoms with Crippen molar-refractivity contribution in [3.8, 4) is 0 Å². The molecule has 0 radical (unpaired) electrons. The predicted molar refractivity (Wildman–Crippen MR) is 80.8 cm³/mol. The Labute approximate surface area is 122 Å². The average Bonchev–Trinajstić information content (AvgIpc) is 3.22. The Kier molecular flexibility index (Phi) is 3.45. The highest BCUT2D eigenvalue weighted by molar-refractivity contribution is 5.98. The maximum absolute atomic E-state index is 14.2. The summed E-state index contributed by atoms with van der Waals surface area (Å²) in [6, 6.07) is 3.60. The smallest absolute Gasteiger partial charge is 0.268 e. The molecule has 4 nitrogen and oxygen atoms in total. The summed E-state index contributed by atoms with van der Waals surface area (Å²) in [6.45, 7) is 4.04. The molecule has 0 spiro atoms. The lowest BCUT2D eigenvalue weighted by atomic mass is 10.1. The molecular weight excluding hydrogens is 269 g/mol. The van der Waals surface area contributed by atoms with Gasteiger partial charge in [-0.3, -0.25) is 4.79 Å². The molecule has 1 atom stereocenters. The number of aryl methyl sites for hydroxylation is 1. The first kappa shape index (κ1) is 14.1. The number of halogens is 1. The molecule has 4 N–H and O–H groups in total. The van der Waals surface area contributed by atoms with Gasteiger partial charge in [0.2, 0.25) is 0 Å². The number of nitrogens with two attached hydrogens (primary N) is 1. The van der Waals surface area contributed by atoms with E-state index in [1.807, 2.05) is 13.0 Å². The van der Waals surface area contributed by atoms with E-state index >= 15 is 0 Å². The van der Waals surface area contributed by atoms with Gasteiger partial charge in [-0.15, -0.1) is 0 Å². The van der Waals surface area contributed by atoms with Crippen molar-refractivity contribution in [1.82, 2.24) is 10.3 Å². The first-order chi connectivity index (χ1) is 10.0. The molecular formula is C16H20FN3O. The van der Waals surface area contributed by atoms with Crippen molar-refractivity contribution < 1.29 is 9.18 Å². The van der Waals surface area contributed by atoms with Crippen LogP contribution < -0.4 is 11.1 Å². The third kappa shape index (κ3) is 2.53. The second-order valence-corrected chi connectivity index (χ2v) is 5.93.